The lowest BCUT2D eigenvalue weighted by atomic mass is 9.48. The Kier molecular flexibility index (Phi) is 4.68. The van der Waals surface area contributed by atoms with Crippen molar-refractivity contribution >= 4 is 17.8 Å². The predicted molar refractivity (Wildman–Crippen MR) is 117 cm³/mol. The summed E-state index contributed by atoms with van der Waals surface area (Å²) in [5.41, 5.74) is 0.856. The average Bonchev–Trinajstić information content (AvgIpc) is 2.91. The van der Waals surface area contributed by atoms with Crippen molar-refractivity contribution in [2.24, 2.45) is 23.2 Å². The van der Waals surface area contributed by atoms with Crippen molar-refractivity contribution in [2.45, 2.75) is 70.9 Å². The van der Waals surface area contributed by atoms with Gasteiger partial charge in [0.2, 0.25) is 5.91 Å². The van der Waals surface area contributed by atoms with Gasteiger partial charge in [0, 0.05) is 6.04 Å². The van der Waals surface area contributed by atoms with Crippen molar-refractivity contribution in [3.05, 3.63) is 35.4 Å². The van der Waals surface area contributed by atoms with Crippen molar-refractivity contribution < 1.29 is 14.4 Å². The van der Waals surface area contributed by atoms with Crippen LogP contribution in [0.1, 0.15) is 63.5 Å². The molecule has 4 bridgehead atoms. The van der Waals surface area contributed by atoms with Crippen LogP contribution in [-0.2, 0) is 15.1 Å². The molecule has 2 unspecified atom stereocenters. The molecule has 6 heteroatoms. The number of nitrogens with one attached hydrogen (secondary N) is 2. The molecule has 1 saturated heterocycles. The van der Waals surface area contributed by atoms with Gasteiger partial charge in [-0.15, -0.1) is 0 Å². The Labute approximate surface area is 184 Å². The Bertz CT molecular complexity index is 889. The number of benzene rings is 1. The van der Waals surface area contributed by atoms with Crippen LogP contribution in [0.4, 0.5) is 4.79 Å². The third-order valence-electron chi connectivity index (χ3n) is 8.59. The van der Waals surface area contributed by atoms with Crippen LogP contribution in [0.3, 0.4) is 0 Å². The molecule has 2 atom stereocenters. The number of urea groups is 1. The molecule has 1 aliphatic heterocycles. The summed E-state index contributed by atoms with van der Waals surface area (Å²) in [7, 11) is 0. The summed E-state index contributed by atoms with van der Waals surface area (Å²) in [6.07, 6.45) is 7.69. The molecule has 0 spiro atoms. The van der Waals surface area contributed by atoms with Crippen LogP contribution in [0.2, 0.25) is 0 Å². The number of rotatable bonds is 5. The molecule has 1 aromatic rings. The Morgan fingerprint density at radius 3 is 2.19 bits per heavy atom. The van der Waals surface area contributed by atoms with Crippen molar-refractivity contribution in [1.82, 2.24) is 15.5 Å². The summed E-state index contributed by atoms with van der Waals surface area (Å²) in [5, 5.41) is 5.96. The second-order valence-electron chi connectivity index (χ2n) is 10.9. The monoisotopic (exact) mass is 423 g/mol. The van der Waals surface area contributed by atoms with Crippen LogP contribution >= 0.6 is 0 Å². The standard InChI is InChI=1S/C25H33N3O3/c1-15-4-6-20(7-5-15)24(3)22(30)28(23(31)27-24)14-21(29)26-16(2)25-11-17-8-18(12-25)10-19(9-17)13-25/h4-7,16-19H,8-14H2,1-3H3,(H,26,29)(H,27,31). The quantitative estimate of drug-likeness (QED) is 0.712. The summed E-state index contributed by atoms with van der Waals surface area (Å²) in [6.45, 7) is 5.56. The third kappa shape index (κ3) is 3.35. The van der Waals surface area contributed by atoms with Crippen LogP contribution in [0.25, 0.3) is 0 Å². The van der Waals surface area contributed by atoms with Crippen LogP contribution in [0.15, 0.2) is 24.3 Å². The maximum Gasteiger partial charge on any atom is 0.325 e. The predicted octanol–water partition coefficient (Wildman–Crippen LogP) is 3.48. The van der Waals surface area contributed by atoms with E-state index in [1.54, 1.807) is 6.92 Å². The van der Waals surface area contributed by atoms with E-state index >= 15 is 0 Å². The Morgan fingerprint density at radius 2 is 1.65 bits per heavy atom. The van der Waals surface area contributed by atoms with E-state index in [9.17, 15) is 14.4 Å². The van der Waals surface area contributed by atoms with E-state index in [4.69, 9.17) is 0 Å². The van der Waals surface area contributed by atoms with Gasteiger partial charge < -0.3 is 10.6 Å². The van der Waals surface area contributed by atoms with E-state index < -0.39 is 11.6 Å². The largest absolute Gasteiger partial charge is 0.352 e. The van der Waals surface area contributed by atoms with Gasteiger partial charge in [-0.2, -0.15) is 0 Å². The van der Waals surface area contributed by atoms with Crippen LogP contribution in [0, 0.1) is 30.1 Å². The lowest BCUT2D eigenvalue weighted by Crippen LogP contribution is -2.57. The zero-order valence-corrected chi connectivity index (χ0v) is 18.7. The Morgan fingerprint density at radius 1 is 1.10 bits per heavy atom. The van der Waals surface area contributed by atoms with Gasteiger partial charge >= 0.3 is 6.03 Å². The number of imide groups is 1. The van der Waals surface area contributed by atoms with E-state index in [1.165, 1.54) is 38.5 Å². The van der Waals surface area contributed by atoms with Crippen molar-refractivity contribution in [1.29, 1.82) is 0 Å². The van der Waals surface area contributed by atoms with Crippen molar-refractivity contribution in [2.75, 3.05) is 6.54 Å². The number of aryl methyl sites for hydroxylation is 1. The smallest absolute Gasteiger partial charge is 0.325 e. The first-order valence-corrected chi connectivity index (χ1v) is 11.7. The number of hydrogen-bond donors (Lipinski definition) is 2. The van der Waals surface area contributed by atoms with Crippen LogP contribution < -0.4 is 10.6 Å². The summed E-state index contributed by atoms with van der Waals surface area (Å²) < 4.78 is 0. The highest BCUT2D eigenvalue weighted by Crippen LogP contribution is 2.61. The minimum Gasteiger partial charge on any atom is -0.352 e. The molecule has 4 aliphatic carbocycles. The van der Waals surface area contributed by atoms with Crippen molar-refractivity contribution in [3.63, 3.8) is 0 Å². The van der Waals surface area contributed by atoms with E-state index in [1.807, 2.05) is 31.2 Å². The average molecular weight is 424 g/mol. The first-order valence-electron chi connectivity index (χ1n) is 11.7. The molecule has 1 aromatic carbocycles. The molecule has 6 rings (SSSR count). The molecule has 0 aromatic heterocycles. The van der Waals surface area contributed by atoms with E-state index in [0.29, 0.717) is 0 Å². The molecular weight excluding hydrogens is 390 g/mol. The molecule has 31 heavy (non-hydrogen) atoms. The van der Waals surface area contributed by atoms with E-state index in [-0.39, 0.29) is 29.8 Å². The first-order chi connectivity index (χ1) is 14.7. The molecular formula is C25H33N3O3. The molecule has 166 valence electrons. The van der Waals surface area contributed by atoms with Gasteiger partial charge in [-0.1, -0.05) is 29.8 Å². The summed E-state index contributed by atoms with van der Waals surface area (Å²) in [4.78, 5) is 39.7. The van der Waals surface area contributed by atoms with Gasteiger partial charge in [0.15, 0.2) is 0 Å². The van der Waals surface area contributed by atoms with Crippen LogP contribution in [-0.4, -0.2) is 35.3 Å². The highest BCUT2D eigenvalue weighted by atomic mass is 16.2. The zero-order chi connectivity index (χ0) is 22.0. The molecule has 6 nitrogen and oxygen atoms in total. The van der Waals surface area contributed by atoms with Gasteiger partial charge in [0.05, 0.1) is 0 Å². The molecule has 2 N–H and O–H groups in total. The minimum absolute atomic E-state index is 0.0673. The second-order valence-corrected chi connectivity index (χ2v) is 10.9. The lowest BCUT2D eigenvalue weighted by Gasteiger charge is -2.59. The molecule has 4 amide bonds. The SMILES string of the molecule is Cc1ccc(C2(C)NC(=O)N(CC(=O)NC(C)C34CC5CC(CC(C5)C3)C4)C2=O)cc1. The number of hydrogen-bond acceptors (Lipinski definition) is 3. The summed E-state index contributed by atoms with van der Waals surface area (Å²) in [6, 6.07) is 7.10. The highest BCUT2D eigenvalue weighted by molar-refractivity contribution is 6.09. The molecule has 1 heterocycles. The summed E-state index contributed by atoms with van der Waals surface area (Å²) >= 11 is 0. The first kappa shape index (κ1) is 20.5. The van der Waals surface area contributed by atoms with Crippen molar-refractivity contribution in [3.8, 4) is 0 Å². The molecule has 5 aliphatic rings. The fourth-order valence-corrected chi connectivity index (χ4v) is 7.21. The van der Waals surface area contributed by atoms with Gasteiger partial charge in [-0.3, -0.25) is 14.5 Å². The highest BCUT2D eigenvalue weighted by Gasteiger charge is 2.54. The summed E-state index contributed by atoms with van der Waals surface area (Å²) in [5.74, 6) is 1.81. The van der Waals surface area contributed by atoms with Gasteiger partial charge in [0.1, 0.15) is 12.1 Å². The lowest BCUT2D eigenvalue weighted by molar-refractivity contribution is -0.136. The Balaban J connectivity index is 1.26. The number of amides is 4. The van der Waals surface area contributed by atoms with Gasteiger partial charge in [-0.05, 0) is 88.0 Å². The number of carbonyl (C=O) groups is 3. The fraction of sp³-hybridized carbons (Fsp3) is 0.640. The number of nitrogens with zero attached hydrogens (tertiary/aromatic N) is 1. The fourth-order valence-electron chi connectivity index (χ4n) is 7.21. The maximum atomic E-state index is 13.1. The Hall–Kier alpha value is -2.37. The molecule has 4 saturated carbocycles. The maximum absolute atomic E-state index is 13.1. The van der Waals surface area contributed by atoms with Gasteiger partial charge in [-0.25, -0.2) is 4.79 Å². The van der Waals surface area contributed by atoms with E-state index in [2.05, 4.69) is 17.6 Å². The minimum atomic E-state index is -1.14. The van der Waals surface area contributed by atoms with Crippen LogP contribution in [0.5, 0.6) is 0 Å². The zero-order valence-electron chi connectivity index (χ0n) is 18.7. The molecule has 0 radical (unpaired) electrons. The topological polar surface area (TPSA) is 78.5 Å². The van der Waals surface area contributed by atoms with E-state index in [0.717, 1.165) is 33.8 Å². The van der Waals surface area contributed by atoms with Gasteiger partial charge in [0.25, 0.3) is 5.91 Å². The normalized spacial score (nSPS) is 37.1. The number of carbonyl (C=O) groups excluding carboxylic acids is 3. The second kappa shape index (κ2) is 7.07. The third-order valence-corrected chi connectivity index (χ3v) is 8.59. The molecule has 5 fully saturated rings.